The third-order valence-electron chi connectivity index (χ3n) is 4.33. The number of rotatable bonds is 4. The van der Waals surface area contributed by atoms with Crippen LogP contribution in [0.15, 0.2) is 77.7 Å². The molecule has 0 bridgehead atoms. The zero-order valence-corrected chi connectivity index (χ0v) is 18.1. The third-order valence-corrected chi connectivity index (χ3v) is 5.87. The summed E-state index contributed by atoms with van der Waals surface area (Å²) < 4.78 is 18.7. The predicted molar refractivity (Wildman–Crippen MR) is 125 cm³/mol. The molecule has 1 aliphatic heterocycles. The molecule has 0 unspecified atom stereocenters. The Bertz CT molecular complexity index is 1210. The van der Waals surface area contributed by atoms with Crippen LogP contribution < -0.4 is 9.64 Å². The first-order valence-corrected chi connectivity index (χ1v) is 10.6. The first-order chi connectivity index (χ1) is 14.9. The number of anilines is 1. The largest absolute Gasteiger partial charge is 0.423 e. The number of ether oxygens (including phenoxy) is 1. The molecule has 0 radical (unpaired) electrons. The van der Waals surface area contributed by atoms with Crippen LogP contribution in [0.3, 0.4) is 0 Å². The van der Waals surface area contributed by atoms with E-state index in [4.69, 9.17) is 28.6 Å². The highest BCUT2D eigenvalue weighted by molar-refractivity contribution is 8.27. The van der Waals surface area contributed by atoms with Crippen LogP contribution in [0.5, 0.6) is 5.75 Å². The van der Waals surface area contributed by atoms with E-state index in [9.17, 15) is 14.0 Å². The summed E-state index contributed by atoms with van der Waals surface area (Å²) in [7, 11) is 0. The summed E-state index contributed by atoms with van der Waals surface area (Å²) in [6.07, 6.45) is 1.72. The van der Waals surface area contributed by atoms with Crippen molar-refractivity contribution in [3.05, 3.63) is 99.7 Å². The Morgan fingerprint density at radius 1 is 1.06 bits per heavy atom. The normalized spacial score (nSPS) is 14.9. The molecule has 1 aliphatic rings. The predicted octanol–water partition coefficient (Wildman–Crippen LogP) is 6.10. The highest BCUT2D eigenvalue weighted by Crippen LogP contribution is 2.36. The van der Waals surface area contributed by atoms with Gasteiger partial charge in [0.25, 0.3) is 5.91 Å². The molecule has 8 heteroatoms. The second-order valence-electron chi connectivity index (χ2n) is 6.46. The number of amides is 1. The van der Waals surface area contributed by atoms with Gasteiger partial charge in [-0.05, 0) is 66.2 Å². The summed E-state index contributed by atoms with van der Waals surface area (Å²) in [4.78, 5) is 26.9. The second kappa shape index (κ2) is 9.01. The lowest BCUT2D eigenvalue weighted by Crippen LogP contribution is -2.27. The number of halogens is 2. The number of esters is 1. The summed E-state index contributed by atoms with van der Waals surface area (Å²) >= 11 is 12.6. The molecule has 1 fully saturated rings. The molecule has 31 heavy (non-hydrogen) atoms. The molecule has 0 N–H and O–H groups in total. The zero-order chi connectivity index (χ0) is 22.0. The summed E-state index contributed by atoms with van der Waals surface area (Å²) in [5, 5.41) is 0.515. The lowest BCUT2D eigenvalue weighted by atomic mass is 10.2. The zero-order valence-electron chi connectivity index (χ0n) is 15.7. The summed E-state index contributed by atoms with van der Waals surface area (Å²) in [6.45, 7) is 0. The number of hydrogen-bond donors (Lipinski definition) is 0. The van der Waals surface area contributed by atoms with Gasteiger partial charge in [0.05, 0.1) is 16.2 Å². The number of benzene rings is 3. The molecule has 0 aliphatic carbocycles. The molecule has 3 aromatic carbocycles. The fourth-order valence-electron chi connectivity index (χ4n) is 2.84. The number of hydrogen-bond acceptors (Lipinski definition) is 5. The van der Waals surface area contributed by atoms with Crippen molar-refractivity contribution < 1.29 is 18.7 Å². The first-order valence-electron chi connectivity index (χ1n) is 9.02. The molecule has 0 aromatic heterocycles. The van der Waals surface area contributed by atoms with E-state index >= 15 is 0 Å². The van der Waals surface area contributed by atoms with Gasteiger partial charge in [0.2, 0.25) is 0 Å². The fraction of sp³-hybridized carbons (Fsp3) is 0. The van der Waals surface area contributed by atoms with E-state index in [0.717, 1.165) is 5.56 Å². The van der Waals surface area contributed by atoms with Crippen molar-refractivity contribution in [3.63, 3.8) is 0 Å². The fourth-order valence-corrected chi connectivity index (χ4v) is 4.32. The molecule has 1 saturated heterocycles. The van der Waals surface area contributed by atoms with Crippen molar-refractivity contribution in [1.82, 2.24) is 0 Å². The van der Waals surface area contributed by atoms with Gasteiger partial charge in [-0.3, -0.25) is 9.69 Å². The van der Waals surface area contributed by atoms with Gasteiger partial charge >= 0.3 is 5.97 Å². The minimum atomic E-state index is -0.588. The van der Waals surface area contributed by atoms with Crippen LogP contribution in [0.2, 0.25) is 5.02 Å². The van der Waals surface area contributed by atoms with Crippen molar-refractivity contribution in [2.24, 2.45) is 0 Å². The molecule has 4 nitrogen and oxygen atoms in total. The Hall–Kier alpha value is -3.00. The van der Waals surface area contributed by atoms with Gasteiger partial charge in [0, 0.05) is 5.02 Å². The van der Waals surface area contributed by atoms with Crippen molar-refractivity contribution >= 4 is 63.5 Å². The van der Waals surface area contributed by atoms with Crippen molar-refractivity contribution in [1.29, 1.82) is 0 Å². The Balaban J connectivity index is 1.48. The highest BCUT2D eigenvalue weighted by atomic mass is 35.5. The molecule has 154 valence electrons. The maximum atomic E-state index is 13.0. The van der Waals surface area contributed by atoms with E-state index in [1.807, 2.05) is 0 Å². The van der Waals surface area contributed by atoms with Gasteiger partial charge in [-0.25, -0.2) is 9.18 Å². The first kappa shape index (κ1) is 21.2. The topological polar surface area (TPSA) is 46.6 Å². The molecular formula is C23H13ClFNO3S2. The van der Waals surface area contributed by atoms with Crippen molar-refractivity contribution in [2.45, 2.75) is 0 Å². The second-order valence-corrected chi connectivity index (χ2v) is 8.57. The lowest BCUT2D eigenvalue weighted by molar-refractivity contribution is -0.113. The van der Waals surface area contributed by atoms with Crippen LogP contribution >= 0.6 is 35.6 Å². The molecule has 0 spiro atoms. The monoisotopic (exact) mass is 469 g/mol. The van der Waals surface area contributed by atoms with Crippen LogP contribution in [0.25, 0.3) is 6.08 Å². The van der Waals surface area contributed by atoms with Crippen LogP contribution in [-0.2, 0) is 4.79 Å². The van der Waals surface area contributed by atoms with E-state index in [2.05, 4.69) is 0 Å². The van der Waals surface area contributed by atoms with Crippen LogP contribution in [0.4, 0.5) is 10.1 Å². The number of thiocarbonyl (C=S) groups is 1. The molecule has 4 rings (SSSR count). The van der Waals surface area contributed by atoms with E-state index in [0.29, 0.717) is 25.7 Å². The number of nitrogens with zero attached hydrogens (tertiary/aromatic N) is 1. The van der Waals surface area contributed by atoms with Crippen LogP contribution in [0, 0.1) is 5.82 Å². The maximum Gasteiger partial charge on any atom is 0.343 e. The Labute approximate surface area is 192 Å². The van der Waals surface area contributed by atoms with E-state index in [-0.39, 0.29) is 11.5 Å². The third kappa shape index (κ3) is 4.85. The highest BCUT2D eigenvalue weighted by Gasteiger charge is 2.33. The minimum Gasteiger partial charge on any atom is -0.423 e. The Morgan fingerprint density at radius 2 is 1.77 bits per heavy atom. The van der Waals surface area contributed by atoms with Crippen LogP contribution in [0.1, 0.15) is 15.9 Å². The smallest absolute Gasteiger partial charge is 0.343 e. The molecule has 3 aromatic rings. The van der Waals surface area contributed by atoms with Crippen LogP contribution in [-0.4, -0.2) is 16.2 Å². The summed E-state index contributed by atoms with van der Waals surface area (Å²) in [5.74, 6) is -0.918. The Kier molecular flexibility index (Phi) is 6.18. The SMILES string of the molecule is O=C(Oc1ccc(/C=C2/SC(=S)N(c3cccc(Cl)c3)C2=O)cc1)c1ccc(F)cc1. The Morgan fingerprint density at radius 3 is 2.45 bits per heavy atom. The summed E-state index contributed by atoms with van der Waals surface area (Å²) in [5.41, 5.74) is 1.60. The molecule has 1 amide bonds. The van der Waals surface area contributed by atoms with Gasteiger partial charge < -0.3 is 4.74 Å². The summed E-state index contributed by atoms with van der Waals surface area (Å²) in [6, 6.07) is 18.7. The van der Waals surface area contributed by atoms with Gasteiger partial charge in [-0.2, -0.15) is 0 Å². The van der Waals surface area contributed by atoms with Gasteiger partial charge in [0.15, 0.2) is 4.32 Å². The quantitative estimate of drug-likeness (QED) is 0.200. The minimum absolute atomic E-state index is 0.232. The average molecular weight is 470 g/mol. The van der Waals surface area contributed by atoms with Gasteiger partial charge in [-0.1, -0.05) is 53.8 Å². The standard InChI is InChI=1S/C23H13ClFNO3S2/c24-16-2-1-3-18(13-16)26-21(27)20(31-23(26)30)12-14-4-10-19(11-5-14)29-22(28)15-6-8-17(25)9-7-15/h1-13H/b20-12+. The molecule has 0 atom stereocenters. The average Bonchev–Trinajstić information content (AvgIpc) is 3.02. The number of thioether (sulfide) groups is 1. The number of carbonyl (C=O) groups excluding carboxylic acids is 2. The maximum absolute atomic E-state index is 13.0. The van der Waals surface area contributed by atoms with E-state index in [1.54, 1.807) is 54.6 Å². The molecular weight excluding hydrogens is 457 g/mol. The molecule has 1 heterocycles. The lowest BCUT2D eigenvalue weighted by Gasteiger charge is -2.14. The van der Waals surface area contributed by atoms with Gasteiger partial charge in [0.1, 0.15) is 11.6 Å². The van der Waals surface area contributed by atoms with Gasteiger partial charge in [-0.15, -0.1) is 0 Å². The van der Waals surface area contributed by atoms with Crippen molar-refractivity contribution in [2.75, 3.05) is 4.90 Å². The van der Waals surface area contributed by atoms with Crippen molar-refractivity contribution in [3.8, 4) is 5.75 Å². The van der Waals surface area contributed by atoms with E-state index < -0.39 is 11.8 Å². The van der Waals surface area contributed by atoms with E-state index in [1.165, 1.54) is 40.9 Å². The molecule has 0 saturated carbocycles. The number of carbonyl (C=O) groups is 2.